The van der Waals surface area contributed by atoms with Crippen LogP contribution in [0, 0.1) is 0 Å². The molecule has 1 heterocycles. The molecule has 0 aliphatic heterocycles. The van der Waals surface area contributed by atoms with Crippen molar-refractivity contribution in [1.29, 1.82) is 0 Å². The van der Waals surface area contributed by atoms with Crippen molar-refractivity contribution in [3.05, 3.63) is 0 Å². The molecule has 0 amide bonds. The molecule has 2 rings (SSSR count). The van der Waals surface area contributed by atoms with Gasteiger partial charge in [0.15, 0.2) is 0 Å². The molecule has 1 aliphatic carbocycles. The van der Waals surface area contributed by atoms with Crippen LogP contribution in [-0.4, -0.2) is 27.5 Å². The van der Waals surface area contributed by atoms with E-state index >= 15 is 0 Å². The molecular weight excluding hydrogens is 180 g/mol. The zero-order chi connectivity index (χ0) is 9.97. The van der Waals surface area contributed by atoms with E-state index in [2.05, 4.69) is 25.6 Å². The molecule has 6 heteroatoms. The third-order valence-electron chi connectivity index (χ3n) is 1.90. The van der Waals surface area contributed by atoms with Crippen molar-refractivity contribution in [2.45, 2.75) is 25.8 Å². The number of nitrogens with zero attached hydrogens (tertiary/aromatic N) is 3. The maximum Gasteiger partial charge on any atom is 0.229 e. The smallest absolute Gasteiger partial charge is 0.229 e. The SMILES string of the molecule is CCNc1nc(N)nc(NC2CC2)n1. The minimum absolute atomic E-state index is 0.249. The maximum absolute atomic E-state index is 5.54. The Bertz CT molecular complexity index is 322. The van der Waals surface area contributed by atoms with Gasteiger partial charge in [0.25, 0.3) is 0 Å². The number of nitrogen functional groups attached to an aromatic ring is 1. The third kappa shape index (κ3) is 2.21. The molecule has 1 aromatic heterocycles. The number of hydrogen-bond acceptors (Lipinski definition) is 6. The molecule has 14 heavy (non-hydrogen) atoms. The van der Waals surface area contributed by atoms with E-state index in [1.165, 1.54) is 12.8 Å². The average Bonchev–Trinajstić information content (AvgIpc) is 2.87. The van der Waals surface area contributed by atoms with Crippen molar-refractivity contribution in [2.24, 2.45) is 0 Å². The number of aromatic nitrogens is 3. The molecule has 6 nitrogen and oxygen atoms in total. The Morgan fingerprint density at radius 3 is 2.64 bits per heavy atom. The summed E-state index contributed by atoms with van der Waals surface area (Å²) in [5.41, 5.74) is 5.54. The van der Waals surface area contributed by atoms with Crippen molar-refractivity contribution >= 4 is 17.8 Å². The Balaban J connectivity index is 2.12. The van der Waals surface area contributed by atoms with E-state index in [9.17, 15) is 0 Å². The van der Waals surface area contributed by atoms with Crippen LogP contribution in [0.3, 0.4) is 0 Å². The molecule has 0 unspecified atom stereocenters. The predicted octanol–water partition coefficient (Wildman–Crippen LogP) is 0.460. The quantitative estimate of drug-likeness (QED) is 0.645. The van der Waals surface area contributed by atoms with Gasteiger partial charge in [0.1, 0.15) is 0 Å². The van der Waals surface area contributed by atoms with Crippen molar-refractivity contribution in [3.63, 3.8) is 0 Å². The van der Waals surface area contributed by atoms with Gasteiger partial charge in [0.2, 0.25) is 17.8 Å². The Labute approximate surface area is 82.3 Å². The molecule has 0 bridgehead atoms. The molecule has 1 aliphatic rings. The van der Waals surface area contributed by atoms with Crippen LogP contribution >= 0.6 is 0 Å². The molecule has 1 fully saturated rings. The van der Waals surface area contributed by atoms with Gasteiger partial charge in [0.05, 0.1) is 0 Å². The van der Waals surface area contributed by atoms with Gasteiger partial charge in [-0.05, 0) is 19.8 Å². The molecule has 1 aromatic rings. The number of nitrogens with one attached hydrogen (secondary N) is 2. The summed E-state index contributed by atoms with van der Waals surface area (Å²) >= 11 is 0. The Morgan fingerprint density at radius 2 is 2.00 bits per heavy atom. The van der Waals surface area contributed by atoms with Crippen LogP contribution < -0.4 is 16.4 Å². The van der Waals surface area contributed by atoms with Gasteiger partial charge in [-0.25, -0.2) is 0 Å². The van der Waals surface area contributed by atoms with E-state index in [-0.39, 0.29) is 5.95 Å². The number of rotatable bonds is 4. The summed E-state index contributed by atoms with van der Waals surface area (Å²) in [4.78, 5) is 12.1. The van der Waals surface area contributed by atoms with Crippen LogP contribution in [0.1, 0.15) is 19.8 Å². The first-order valence-corrected chi connectivity index (χ1v) is 4.80. The van der Waals surface area contributed by atoms with Crippen LogP contribution in [-0.2, 0) is 0 Å². The van der Waals surface area contributed by atoms with E-state index < -0.39 is 0 Å². The molecule has 4 N–H and O–H groups in total. The summed E-state index contributed by atoms with van der Waals surface area (Å²) < 4.78 is 0. The molecule has 0 atom stereocenters. The first-order valence-electron chi connectivity index (χ1n) is 4.80. The minimum Gasteiger partial charge on any atom is -0.368 e. The van der Waals surface area contributed by atoms with Gasteiger partial charge in [-0.3, -0.25) is 0 Å². The van der Waals surface area contributed by atoms with Gasteiger partial charge in [0, 0.05) is 12.6 Å². The Morgan fingerprint density at radius 1 is 1.29 bits per heavy atom. The zero-order valence-electron chi connectivity index (χ0n) is 8.12. The highest BCUT2D eigenvalue weighted by atomic mass is 15.3. The highest BCUT2D eigenvalue weighted by Crippen LogP contribution is 2.23. The number of hydrogen-bond donors (Lipinski definition) is 3. The summed E-state index contributed by atoms with van der Waals surface area (Å²) in [5, 5.41) is 6.17. The largest absolute Gasteiger partial charge is 0.368 e. The predicted molar refractivity (Wildman–Crippen MR) is 55.0 cm³/mol. The van der Waals surface area contributed by atoms with E-state index in [0.717, 1.165) is 6.54 Å². The first-order chi connectivity index (χ1) is 6.78. The lowest BCUT2D eigenvalue weighted by atomic mass is 10.7. The second kappa shape index (κ2) is 3.65. The average molecular weight is 194 g/mol. The summed E-state index contributed by atoms with van der Waals surface area (Å²) in [6.45, 7) is 2.75. The summed E-state index contributed by atoms with van der Waals surface area (Å²) in [6, 6.07) is 0.520. The molecular formula is C8H14N6. The zero-order valence-corrected chi connectivity index (χ0v) is 8.12. The first kappa shape index (κ1) is 8.98. The van der Waals surface area contributed by atoms with Crippen molar-refractivity contribution in [3.8, 4) is 0 Å². The third-order valence-corrected chi connectivity index (χ3v) is 1.90. The molecule has 1 saturated carbocycles. The lowest BCUT2D eigenvalue weighted by molar-refractivity contribution is 0.995. The highest BCUT2D eigenvalue weighted by Gasteiger charge is 2.22. The lowest BCUT2D eigenvalue weighted by Gasteiger charge is -2.06. The van der Waals surface area contributed by atoms with E-state index in [1.54, 1.807) is 0 Å². The summed E-state index contributed by atoms with van der Waals surface area (Å²) in [5.74, 6) is 1.35. The van der Waals surface area contributed by atoms with E-state index in [4.69, 9.17) is 5.73 Å². The number of nitrogens with two attached hydrogens (primary N) is 1. The van der Waals surface area contributed by atoms with Crippen LogP contribution in [0.15, 0.2) is 0 Å². The fourth-order valence-corrected chi connectivity index (χ4v) is 1.10. The lowest BCUT2D eigenvalue weighted by Crippen LogP contribution is -2.11. The fourth-order valence-electron chi connectivity index (χ4n) is 1.10. The highest BCUT2D eigenvalue weighted by molar-refractivity contribution is 5.40. The van der Waals surface area contributed by atoms with Gasteiger partial charge in [-0.2, -0.15) is 15.0 Å². The second-order valence-electron chi connectivity index (χ2n) is 3.29. The summed E-state index contributed by atoms with van der Waals surface area (Å²) in [7, 11) is 0. The van der Waals surface area contributed by atoms with Crippen LogP contribution in [0.4, 0.5) is 17.8 Å². The monoisotopic (exact) mass is 194 g/mol. The molecule has 0 spiro atoms. The molecule has 76 valence electrons. The van der Waals surface area contributed by atoms with Gasteiger partial charge in [-0.1, -0.05) is 0 Å². The minimum atomic E-state index is 0.249. The second-order valence-corrected chi connectivity index (χ2v) is 3.29. The Hall–Kier alpha value is -1.59. The maximum atomic E-state index is 5.54. The molecule has 0 saturated heterocycles. The van der Waals surface area contributed by atoms with E-state index in [0.29, 0.717) is 17.9 Å². The van der Waals surface area contributed by atoms with Crippen LogP contribution in [0.5, 0.6) is 0 Å². The topological polar surface area (TPSA) is 88.8 Å². The van der Waals surface area contributed by atoms with Crippen LogP contribution in [0.25, 0.3) is 0 Å². The normalized spacial score (nSPS) is 15.2. The fraction of sp³-hybridized carbons (Fsp3) is 0.625. The summed E-state index contributed by atoms with van der Waals surface area (Å²) in [6.07, 6.45) is 2.37. The van der Waals surface area contributed by atoms with E-state index in [1.807, 2.05) is 6.92 Å². The van der Waals surface area contributed by atoms with Crippen molar-refractivity contribution in [1.82, 2.24) is 15.0 Å². The van der Waals surface area contributed by atoms with Gasteiger partial charge in [-0.15, -0.1) is 0 Å². The number of anilines is 3. The van der Waals surface area contributed by atoms with Crippen LogP contribution in [0.2, 0.25) is 0 Å². The van der Waals surface area contributed by atoms with Gasteiger partial charge < -0.3 is 16.4 Å². The van der Waals surface area contributed by atoms with Gasteiger partial charge >= 0.3 is 0 Å². The Kier molecular flexibility index (Phi) is 2.34. The van der Waals surface area contributed by atoms with Crippen molar-refractivity contribution < 1.29 is 0 Å². The molecule has 0 aromatic carbocycles. The van der Waals surface area contributed by atoms with Crippen molar-refractivity contribution in [2.75, 3.05) is 22.9 Å². The molecule has 0 radical (unpaired) electrons. The standard InChI is InChI=1S/C8H14N6/c1-2-10-7-12-6(9)13-8(14-7)11-5-3-4-5/h5H,2-4H2,1H3,(H4,9,10,11,12,13,14).